The largest absolute Gasteiger partial charge is 0.496 e. The van der Waals surface area contributed by atoms with Crippen molar-refractivity contribution in [1.29, 1.82) is 0 Å². The van der Waals surface area contributed by atoms with E-state index in [9.17, 15) is 4.79 Å². The van der Waals surface area contributed by atoms with Crippen molar-refractivity contribution >= 4 is 11.2 Å². The molecular weight excluding hydrogens is 290 g/mol. The van der Waals surface area contributed by atoms with Crippen LogP contribution >= 0.6 is 0 Å². The summed E-state index contributed by atoms with van der Waals surface area (Å²) in [4.78, 5) is 19.4. The normalized spacial score (nSPS) is 14.3. The molecule has 1 fully saturated rings. The zero-order valence-electron chi connectivity index (χ0n) is 13.3. The fourth-order valence-corrected chi connectivity index (χ4v) is 2.99. The lowest BCUT2D eigenvalue weighted by molar-refractivity contribution is 0.412. The van der Waals surface area contributed by atoms with Gasteiger partial charge >= 0.3 is 5.69 Å². The Bertz CT molecular complexity index is 935. The second-order valence-corrected chi connectivity index (χ2v) is 6.26. The fourth-order valence-electron chi connectivity index (χ4n) is 2.99. The Kier molecular flexibility index (Phi) is 3.22. The van der Waals surface area contributed by atoms with E-state index in [1.165, 1.54) is 12.8 Å². The van der Waals surface area contributed by atoms with Gasteiger partial charge in [0.1, 0.15) is 5.75 Å². The van der Waals surface area contributed by atoms with Crippen LogP contribution in [0.15, 0.2) is 35.3 Å². The number of nitrogens with zero attached hydrogens (tertiary/aromatic N) is 2. The Hall–Kier alpha value is -2.56. The van der Waals surface area contributed by atoms with Crippen molar-refractivity contribution in [1.82, 2.24) is 14.5 Å². The minimum atomic E-state index is -0.0672. The Morgan fingerprint density at radius 2 is 2.13 bits per heavy atom. The predicted octanol–water partition coefficient (Wildman–Crippen LogP) is 3.12. The highest BCUT2D eigenvalue weighted by Crippen LogP contribution is 2.32. The number of ether oxygens (including phenoxy) is 1. The van der Waals surface area contributed by atoms with Crippen LogP contribution in [0.3, 0.4) is 0 Å². The average Bonchev–Trinajstić information content (AvgIpc) is 3.31. The standard InChI is InChI=1S/C18H19N3O2/c1-11-7-13(5-6-16(11)23-2)14-8-15-17(19-9-14)20-18(22)21(15)10-12-3-4-12/h5-9,12H,3-4,10H2,1-2H3,(H,19,20,22). The van der Waals surface area contributed by atoms with Crippen LogP contribution in [0.1, 0.15) is 18.4 Å². The molecule has 5 nitrogen and oxygen atoms in total. The van der Waals surface area contributed by atoms with Crippen LogP contribution in [0.4, 0.5) is 0 Å². The number of fused-ring (bicyclic) bond motifs is 1. The third-order valence-corrected chi connectivity index (χ3v) is 4.49. The molecule has 1 aromatic carbocycles. The van der Waals surface area contributed by atoms with Gasteiger partial charge in [0.15, 0.2) is 5.65 Å². The molecule has 0 aliphatic heterocycles. The van der Waals surface area contributed by atoms with Gasteiger partial charge in [-0.05, 0) is 55.0 Å². The summed E-state index contributed by atoms with van der Waals surface area (Å²) < 4.78 is 7.13. The molecule has 2 aromatic heterocycles. The number of nitrogens with one attached hydrogen (secondary N) is 1. The predicted molar refractivity (Wildman–Crippen MR) is 89.8 cm³/mol. The van der Waals surface area contributed by atoms with Gasteiger partial charge < -0.3 is 4.74 Å². The van der Waals surface area contributed by atoms with Gasteiger partial charge in [0.25, 0.3) is 0 Å². The van der Waals surface area contributed by atoms with Crippen LogP contribution in [0.5, 0.6) is 5.75 Å². The molecule has 0 atom stereocenters. The van der Waals surface area contributed by atoms with Crippen molar-refractivity contribution in [3.05, 3.63) is 46.5 Å². The number of benzene rings is 1. The highest BCUT2D eigenvalue weighted by molar-refractivity contribution is 5.78. The number of aromatic amines is 1. The number of imidazole rings is 1. The Morgan fingerprint density at radius 1 is 1.30 bits per heavy atom. The molecule has 0 bridgehead atoms. The van der Waals surface area contributed by atoms with Crippen molar-refractivity contribution in [2.45, 2.75) is 26.3 Å². The van der Waals surface area contributed by atoms with Crippen molar-refractivity contribution in [2.75, 3.05) is 7.11 Å². The molecule has 1 saturated carbocycles. The van der Waals surface area contributed by atoms with Crippen LogP contribution in [0.25, 0.3) is 22.3 Å². The molecule has 1 aliphatic carbocycles. The van der Waals surface area contributed by atoms with Gasteiger partial charge in [-0.3, -0.25) is 9.55 Å². The fraction of sp³-hybridized carbons (Fsp3) is 0.333. The molecule has 1 aliphatic rings. The van der Waals surface area contributed by atoms with Crippen molar-refractivity contribution in [2.24, 2.45) is 5.92 Å². The van der Waals surface area contributed by atoms with Crippen molar-refractivity contribution < 1.29 is 4.74 Å². The lowest BCUT2D eigenvalue weighted by Gasteiger charge is -2.08. The Morgan fingerprint density at radius 3 is 2.83 bits per heavy atom. The molecule has 5 heteroatoms. The van der Waals surface area contributed by atoms with E-state index in [2.05, 4.69) is 16.0 Å². The summed E-state index contributed by atoms with van der Waals surface area (Å²) in [6.45, 7) is 2.80. The van der Waals surface area contributed by atoms with Gasteiger partial charge in [0, 0.05) is 18.3 Å². The second kappa shape index (κ2) is 5.26. The van der Waals surface area contributed by atoms with Crippen LogP contribution in [0.2, 0.25) is 0 Å². The maximum absolute atomic E-state index is 12.1. The lowest BCUT2D eigenvalue weighted by Crippen LogP contribution is -2.17. The third kappa shape index (κ3) is 2.52. The Balaban J connectivity index is 1.81. The summed E-state index contributed by atoms with van der Waals surface area (Å²) in [5.41, 5.74) is 4.63. The van der Waals surface area contributed by atoms with Crippen LogP contribution in [-0.2, 0) is 6.54 Å². The van der Waals surface area contributed by atoms with Gasteiger partial charge in [-0.25, -0.2) is 9.78 Å². The van der Waals surface area contributed by atoms with Crippen molar-refractivity contribution in [3.8, 4) is 16.9 Å². The number of rotatable bonds is 4. The number of aromatic nitrogens is 3. The number of H-pyrrole nitrogens is 1. The number of aryl methyl sites for hydroxylation is 1. The smallest absolute Gasteiger partial charge is 0.327 e. The first-order valence-electron chi connectivity index (χ1n) is 7.89. The quantitative estimate of drug-likeness (QED) is 0.805. The van der Waals surface area contributed by atoms with Gasteiger partial charge in [0.2, 0.25) is 0 Å². The highest BCUT2D eigenvalue weighted by atomic mass is 16.5. The number of methoxy groups -OCH3 is 1. The number of pyridine rings is 1. The second-order valence-electron chi connectivity index (χ2n) is 6.26. The molecule has 0 saturated heterocycles. The highest BCUT2D eigenvalue weighted by Gasteiger charge is 2.23. The summed E-state index contributed by atoms with van der Waals surface area (Å²) in [5, 5.41) is 0. The molecular formula is C18H19N3O2. The summed E-state index contributed by atoms with van der Waals surface area (Å²) in [6, 6.07) is 8.11. The van der Waals surface area contributed by atoms with E-state index >= 15 is 0 Å². The summed E-state index contributed by atoms with van der Waals surface area (Å²) in [6.07, 6.45) is 4.23. The number of hydrogen-bond donors (Lipinski definition) is 1. The SMILES string of the molecule is COc1ccc(-c2cnc3[nH]c(=O)n(CC4CC4)c3c2)cc1C. The van der Waals surface area contributed by atoms with Crippen LogP contribution in [0, 0.1) is 12.8 Å². The zero-order valence-corrected chi connectivity index (χ0v) is 13.3. The molecule has 4 rings (SSSR count). The topological polar surface area (TPSA) is 59.9 Å². The molecule has 1 N–H and O–H groups in total. The summed E-state index contributed by atoms with van der Waals surface area (Å²) >= 11 is 0. The van der Waals surface area contributed by atoms with Crippen LogP contribution < -0.4 is 10.4 Å². The third-order valence-electron chi connectivity index (χ3n) is 4.49. The first-order chi connectivity index (χ1) is 11.2. The lowest BCUT2D eigenvalue weighted by atomic mass is 10.0. The monoisotopic (exact) mass is 309 g/mol. The van der Waals surface area contributed by atoms with Crippen molar-refractivity contribution in [3.63, 3.8) is 0 Å². The molecule has 0 spiro atoms. The average molecular weight is 309 g/mol. The van der Waals surface area contributed by atoms with Gasteiger partial charge in [0.05, 0.1) is 12.6 Å². The molecule has 0 amide bonds. The molecule has 2 heterocycles. The maximum atomic E-state index is 12.1. The van der Waals surface area contributed by atoms with Gasteiger partial charge in [-0.2, -0.15) is 0 Å². The van der Waals surface area contributed by atoms with E-state index in [0.29, 0.717) is 11.6 Å². The Labute approximate surface area is 133 Å². The minimum Gasteiger partial charge on any atom is -0.496 e. The first-order valence-corrected chi connectivity index (χ1v) is 7.89. The molecule has 23 heavy (non-hydrogen) atoms. The summed E-state index contributed by atoms with van der Waals surface area (Å²) in [5.74, 6) is 1.51. The van der Waals surface area contributed by atoms with E-state index in [4.69, 9.17) is 4.74 Å². The van der Waals surface area contributed by atoms with Gasteiger partial charge in [-0.15, -0.1) is 0 Å². The first kappa shape index (κ1) is 14.1. The molecule has 0 unspecified atom stereocenters. The molecule has 118 valence electrons. The number of hydrogen-bond acceptors (Lipinski definition) is 3. The van der Waals surface area contributed by atoms with E-state index in [0.717, 1.165) is 34.5 Å². The molecule has 0 radical (unpaired) electrons. The van der Waals surface area contributed by atoms with E-state index in [1.54, 1.807) is 13.3 Å². The zero-order chi connectivity index (χ0) is 16.0. The van der Waals surface area contributed by atoms with Crippen LogP contribution in [-0.4, -0.2) is 21.6 Å². The summed E-state index contributed by atoms with van der Waals surface area (Å²) in [7, 11) is 1.67. The van der Waals surface area contributed by atoms with Gasteiger partial charge in [-0.1, -0.05) is 6.07 Å². The van der Waals surface area contributed by atoms with E-state index < -0.39 is 0 Å². The molecule has 3 aromatic rings. The minimum absolute atomic E-state index is 0.0672. The maximum Gasteiger partial charge on any atom is 0.327 e. The van der Waals surface area contributed by atoms with E-state index in [1.807, 2.05) is 29.7 Å². The van der Waals surface area contributed by atoms with E-state index in [-0.39, 0.29) is 5.69 Å².